The van der Waals surface area contributed by atoms with E-state index in [1.807, 2.05) is 0 Å². The van der Waals surface area contributed by atoms with Crippen LogP contribution < -0.4 is 5.32 Å². The number of carboxylic acids is 1. The SMILES string of the molecule is CC(=O)NC(CCCCI)C(=O)O. The number of carbonyl (C=O) groups is 2. The fraction of sp³-hybridized carbons (Fsp3) is 0.750. The number of rotatable bonds is 6. The lowest BCUT2D eigenvalue weighted by molar-refractivity contribution is -0.141. The standard InChI is InChI=1S/C8H14INO3/c1-6(11)10-7(8(12)13)4-2-3-5-9/h7H,2-5H2,1H3,(H,10,11)(H,12,13). The van der Waals surface area contributed by atoms with E-state index in [1.165, 1.54) is 6.92 Å². The quantitative estimate of drug-likeness (QED) is 0.440. The Morgan fingerprint density at radius 3 is 2.46 bits per heavy atom. The molecule has 0 rings (SSSR count). The number of carbonyl (C=O) groups excluding carboxylic acids is 1. The monoisotopic (exact) mass is 299 g/mol. The average Bonchev–Trinajstić information content (AvgIpc) is 2.02. The van der Waals surface area contributed by atoms with Crippen molar-refractivity contribution >= 4 is 34.5 Å². The summed E-state index contributed by atoms with van der Waals surface area (Å²) in [5.41, 5.74) is 0. The summed E-state index contributed by atoms with van der Waals surface area (Å²) in [6.45, 7) is 1.33. The molecule has 0 aromatic rings. The number of alkyl halides is 1. The maximum absolute atomic E-state index is 10.6. The molecule has 1 atom stereocenters. The molecule has 1 unspecified atom stereocenters. The Morgan fingerprint density at radius 1 is 1.46 bits per heavy atom. The molecule has 0 saturated heterocycles. The van der Waals surface area contributed by atoms with Gasteiger partial charge in [-0.05, 0) is 17.3 Å². The molecule has 4 nitrogen and oxygen atoms in total. The summed E-state index contributed by atoms with van der Waals surface area (Å²) in [5.74, 6) is -1.24. The highest BCUT2D eigenvalue weighted by molar-refractivity contribution is 14.1. The Balaban J connectivity index is 3.81. The Bertz CT molecular complexity index is 184. The number of nitrogens with one attached hydrogen (secondary N) is 1. The first kappa shape index (κ1) is 12.7. The van der Waals surface area contributed by atoms with Crippen LogP contribution in [0, 0.1) is 0 Å². The first-order valence-corrected chi connectivity index (χ1v) is 5.66. The van der Waals surface area contributed by atoms with Crippen LogP contribution in [0.25, 0.3) is 0 Å². The number of carboxylic acid groups (broad SMARTS) is 1. The lowest BCUT2D eigenvalue weighted by Gasteiger charge is -2.12. The largest absolute Gasteiger partial charge is 0.480 e. The predicted octanol–water partition coefficient (Wildman–Crippen LogP) is 1.18. The van der Waals surface area contributed by atoms with Crippen LogP contribution in [0.3, 0.4) is 0 Å². The van der Waals surface area contributed by atoms with Crippen molar-refractivity contribution in [3.05, 3.63) is 0 Å². The zero-order valence-corrected chi connectivity index (χ0v) is 9.70. The third-order valence-corrected chi connectivity index (χ3v) is 2.31. The molecule has 0 fully saturated rings. The lowest BCUT2D eigenvalue weighted by atomic mass is 10.1. The Labute approximate surface area is 91.2 Å². The van der Waals surface area contributed by atoms with Gasteiger partial charge in [-0.25, -0.2) is 4.79 Å². The zero-order chi connectivity index (χ0) is 10.3. The van der Waals surface area contributed by atoms with Crippen LogP contribution in [0.2, 0.25) is 0 Å². The van der Waals surface area contributed by atoms with Crippen molar-refractivity contribution in [1.82, 2.24) is 5.32 Å². The highest BCUT2D eigenvalue weighted by atomic mass is 127. The summed E-state index contributed by atoms with van der Waals surface area (Å²) in [6, 6.07) is -0.722. The summed E-state index contributed by atoms with van der Waals surface area (Å²) in [5, 5.41) is 11.1. The molecule has 1 amide bonds. The summed E-state index contributed by atoms with van der Waals surface area (Å²) in [7, 11) is 0. The maximum atomic E-state index is 10.6. The first-order valence-electron chi connectivity index (χ1n) is 4.13. The van der Waals surface area contributed by atoms with Gasteiger partial charge in [-0.15, -0.1) is 0 Å². The maximum Gasteiger partial charge on any atom is 0.326 e. The molecule has 0 spiro atoms. The van der Waals surface area contributed by atoms with Gasteiger partial charge in [0.25, 0.3) is 0 Å². The van der Waals surface area contributed by atoms with Gasteiger partial charge in [-0.1, -0.05) is 29.0 Å². The predicted molar refractivity (Wildman–Crippen MR) is 58.0 cm³/mol. The number of amides is 1. The molecule has 76 valence electrons. The van der Waals surface area contributed by atoms with Crippen LogP contribution >= 0.6 is 22.6 Å². The van der Waals surface area contributed by atoms with Crippen molar-refractivity contribution in [1.29, 1.82) is 0 Å². The van der Waals surface area contributed by atoms with E-state index in [4.69, 9.17) is 5.11 Å². The smallest absolute Gasteiger partial charge is 0.326 e. The number of aliphatic carboxylic acids is 1. The fourth-order valence-electron chi connectivity index (χ4n) is 0.946. The van der Waals surface area contributed by atoms with Gasteiger partial charge in [0.15, 0.2) is 0 Å². The second-order valence-electron chi connectivity index (χ2n) is 2.78. The highest BCUT2D eigenvalue weighted by Crippen LogP contribution is 2.03. The van der Waals surface area contributed by atoms with E-state index in [2.05, 4.69) is 27.9 Å². The Morgan fingerprint density at radius 2 is 2.08 bits per heavy atom. The van der Waals surface area contributed by atoms with Crippen LogP contribution in [0.4, 0.5) is 0 Å². The zero-order valence-electron chi connectivity index (χ0n) is 7.55. The topological polar surface area (TPSA) is 66.4 Å². The van der Waals surface area contributed by atoms with Gasteiger partial charge in [0.05, 0.1) is 0 Å². The number of hydrogen-bond acceptors (Lipinski definition) is 2. The fourth-order valence-corrected chi connectivity index (χ4v) is 1.49. The molecule has 0 aliphatic rings. The minimum absolute atomic E-state index is 0.290. The van der Waals surface area contributed by atoms with Crippen molar-refractivity contribution in [2.24, 2.45) is 0 Å². The number of unbranched alkanes of at least 4 members (excludes halogenated alkanes) is 1. The number of halogens is 1. The molecule has 0 radical (unpaired) electrons. The van der Waals surface area contributed by atoms with Crippen molar-refractivity contribution in [2.75, 3.05) is 4.43 Å². The van der Waals surface area contributed by atoms with Crippen LogP contribution in [0.1, 0.15) is 26.2 Å². The molecule has 0 aliphatic carbocycles. The summed E-state index contributed by atoms with van der Waals surface area (Å²) < 4.78 is 1.02. The summed E-state index contributed by atoms with van der Waals surface area (Å²) in [4.78, 5) is 21.2. The Kier molecular flexibility index (Phi) is 6.93. The van der Waals surface area contributed by atoms with E-state index < -0.39 is 12.0 Å². The van der Waals surface area contributed by atoms with Gasteiger partial charge in [-0.3, -0.25) is 4.79 Å². The third kappa shape index (κ3) is 6.80. The van der Waals surface area contributed by atoms with Crippen LogP contribution in [0.15, 0.2) is 0 Å². The second kappa shape index (κ2) is 7.11. The molecule has 5 heteroatoms. The minimum Gasteiger partial charge on any atom is -0.480 e. The van der Waals surface area contributed by atoms with Gasteiger partial charge >= 0.3 is 5.97 Å². The third-order valence-electron chi connectivity index (χ3n) is 1.55. The molecule has 0 aliphatic heterocycles. The van der Waals surface area contributed by atoms with E-state index in [0.717, 1.165) is 17.3 Å². The molecule has 0 saturated carbocycles. The molecule has 2 N–H and O–H groups in total. The lowest BCUT2D eigenvalue weighted by Crippen LogP contribution is -2.39. The molecule has 0 aromatic heterocycles. The summed E-state index contributed by atoms with van der Waals surface area (Å²) >= 11 is 2.24. The van der Waals surface area contributed by atoms with Gasteiger partial charge < -0.3 is 10.4 Å². The van der Waals surface area contributed by atoms with E-state index in [-0.39, 0.29) is 5.91 Å². The molecule has 13 heavy (non-hydrogen) atoms. The summed E-state index contributed by atoms with van der Waals surface area (Å²) in [6.07, 6.45) is 2.34. The second-order valence-corrected chi connectivity index (χ2v) is 3.85. The van der Waals surface area contributed by atoms with E-state index >= 15 is 0 Å². The Hall–Kier alpha value is -0.330. The van der Waals surface area contributed by atoms with Crippen molar-refractivity contribution in [2.45, 2.75) is 32.2 Å². The van der Waals surface area contributed by atoms with E-state index in [0.29, 0.717) is 6.42 Å². The van der Waals surface area contributed by atoms with Gasteiger partial charge in [0.1, 0.15) is 6.04 Å². The molecular weight excluding hydrogens is 285 g/mol. The van der Waals surface area contributed by atoms with Gasteiger partial charge in [0.2, 0.25) is 5.91 Å². The molecule has 0 bridgehead atoms. The van der Waals surface area contributed by atoms with Crippen LogP contribution in [0.5, 0.6) is 0 Å². The van der Waals surface area contributed by atoms with Gasteiger partial charge in [0, 0.05) is 6.92 Å². The molecular formula is C8H14INO3. The van der Waals surface area contributed by atoms with Crippen molar-refractivity contribution < 1.29 is 14.7 Å². The molecule has 0 heterocycles. The van der Waals surface area contributed by atoms with Crippen LogP contribution in [-0.2, 0) is 9.59 Å². The number of hydrogen-bond donors (Lipinski definition) is 2. The molecule has 0 aromatic carbocycles. The normalized spacial score (nSPS) is 12.2. The van der Waals surface area contributed by atoms with E-state index in [1.54, 1.807) is 0 Å². The van der Waals surface area contributed by atoms with E-state index in [9.17, 15) is 9.59 Å². The minimum atomic E-state index is -0.955. The van der Waals surface area contributed by atoms with Gasteiger partial charge in [-0.2, -0.15) is 0 Å². The van der Waals surface area contributed by atoms with Crippen molar-refractivity contribution in [3.8, 4) is 0 Å². The van der Waals surface area contributed by atoms with Crippen LogP contribution in [-0.4, -0.2) is 27.5 Å². The average molecular weight is 299 g/mol. The van der Waals surface area contributed by atoms with Crippen molar-refractivity contribution in [3.63, 3.8) is 0 Å². The first-order chi connectivity index (χ1) is 6.07. The highest BCUT2D eigenvalue weighted by Gasteiger charge is 2.16.